The predicted molar refractivity (Wildman–Crippen MR) is 149 cm³/mol. The normalized spacial score (nSPS) is 21.7. The van der Waals surface area contributed by atoms with Crippen LogP contribution in [-0.4, -0.2) is 61.7 Å². The van der Waals surface area contributed by atoms with Crippen LogP contribution in [-0.2, 0) is 15.7 Å². The molecular weight excluding hydrogens is 531 g/mol. The molecule has 2 N–H and O–H groups in total. The number of hydrogen-bond acceptors (Lipinski definition) is 7. The predicted octanol–water partition coefficient (Wildman–Crippen LogP) is 6.73. The monoisotopic (exact) mass is 567 g/mol. The van der Waals surface area contributed by atoms with E-state index in [0.29, 0.717) is 54.4 Å². The number of halogens is 4. The van der Waals surface area contributed by atoms with E-state index in [0.717, 1.165) is 44.6 Å². The van der Waals surface area contributed by atoms with Gasteiger partial charge in [-0.25, -0.2) is 9.97 Å². The number of aliphatic imine (C=N–C) groups is 1. The second-order valence-electron chi connectivity index (χ2n) is 10.4. The molecule has 3 heterocycles. The van der Waals surface area contributed by atoms with Crippen LogP contribution in [0, 0.1) is 11.8 Å². The lowest BCUT2D eigenvalue weighted by Crippen LogP contribution is -2.27. The average molecular weight is 568 g/mol. The molecule has 1 aliphatic heterocycles. The topological polar surface area (TPSA) is 80.7 Å². The van der Waals surface area contributed by atoms with Crippen molar-refractivity contribution in [2.24, 2.45) is 16.8 Å². The number of methoxy groups -OCH3 is 1. The van der Waals surface area contributed by atoms with Crippen LogP contribution < -0.4 is 10.6 Å². The van der Waals surface area contributed by atoms with Crippen molar-refractivity contribution in [2.45, 2.75) is 63.7 Å². The summed E-state index contributed by atoms with van der Waals surface area (Å²) in [5.74, 6) is 1.12. The number of nitrogens with zero attached hydrogens (tertiary/aromatic N) is 3. The van der Waals surface area contributed by atoms with Crippen molar-refractivity contribution in [1.82, 2.24) is 9.97 Å². The molecule has 0 spiro atoms. The zero-order valence-electron chi connectivity index (χ0n) is 22.4. The number of nitrogens with one attached hydrogen (secondary N) is 2. The van der Waals surface area contributed by atoms with Crippen molar-refractivity contribution in [3.05, 3.63) is 35.0 Å². The Kier molecular flexibility index (Phi) is 10.4. The molecule has 0 bridgehead atoms. The number of aromatic nitrogens is 2. The standard InChI is InChI=1S/C28H37ClF3N5O2/c1-18(17-38-2)33-14-19-3-5-21(6-4-19)36-26-13-22(24(29)16-34-26)25-8-7-23(28(30,31)32)27(37-25)35-15-20-9-11-39-12-10-20/h7-8,13-14,16,18-21H,3-6,9-12,15,17H2,1-2H3,(H,34,36)(H,35,37). The van der Waals surface area contributed by atoms with Gasteiger partial charge in [-0.05, 0) is 75.5 Å². The van der Waals surface area contributed by atoms with Crippen LogP contribution in [0.4, 0.5) is 24.8 Å². The van der Waals surface area contributed by atoms with E-state index in [1.807, 2.05) is 6.92 Å². The highest BCUT2D eigenvalue weighted by Crippen LogP contribution is 2.37. The zero-order valence-corrected chi connectivity index (χ0v) is 23.2. The van der Waals surface area contributed by atoms with Crippen LogP contribution in [0.2, 0.25) is 5.02 Å². The third-order valence-corrected chi connectivity index (χ3v) is 7.62. The van der Waals surface area contributed by atoms with Gasteiger partial charge in [0, 0.05) is 50.9 Å². The van der Waals surface area contributed by atoms with Gasteiger partial charge in [0.1, 0.15) is 11.6 Å². The molecule has 2 aromatic rings. The molecule has 11 heteroatoms. The summed E-state index contributed by atoms with van der Waals surface area (Å²) in [6.45, 7) is 4.29. The molecule has 2 fully saturated rings. The third-order valence-electron chi connectivity index (χ3n) is 7.31. The molecule has 214 valence electrons. The minimum absolute atomic E-state index is 0.152. The summed E-state index contributed by atoms with van der Waals surface area (Å²) in [4.78, 5) is 13.4. The Labute approximate surface area is 233 Å². The van der Waals surface area contributed by atoms with Crippen LogP contribution in [0.5, 0.6) is 0 Å². The lowest BCUT2D eigenvalue weighted by atomic mass is 9.86. The minimum atomic E-state index is -4.52. The molecular formula is C28H37ClF3N5O2. The van der Waals surface area contributed by atoms with E-state index in [-0.39, 0.29) is 23.8 Å². The maximum atomic E-state index is 13.7. The summed E-state index contributed by atoms with van der Waals surface area (Å²) in [6, 6.07) is 4.58. The quantitative estimate of drug-likeness (QED) is 0.310. The third kappa shape index (κ3) is 8.53. The summed E-state index contributed by atoms with van der Waals surface area (Å²) in [7, 11) is 1.68. The van der Waals surface area contributed by atoms with Crippen molar-refractivity contribution in [3.8, 4) is 11.3 Å². The summed E-state index contributed by atoms with van der Waals surface area (Å²) in [5.41, 5.74) is 0.0988. The summed E-state index contributed by atoms with van der Waals surface area (Å²) in [6.07, 6.45) is 4.63. The van der Waals surface area contributed by atoms with E-state index < -0.39 is 11.7 Å². The van der Waals surface area contributed by atoms with Crippen molar-refractivity contribution >= 4 is 29.5 Å². The maximum absolute atomic E-state index is 13.7. The summed E-state index contributed by atoms with van der Waals surface area (Å²) >= 11 is 6.45. The first kappa shape index (κ1) is 29.6. The largest absolute Gasteiger partial charge is 0.419 e. The number of ether oxygens (including phenoxy) is 2. The van der Waals surface area contributed by atoms with Gasteiger partial charge in [0.15, 0.2) is 0 Å². The van der Waals surface area contributed by atoms with Crippen LogP contribution >= 0.6 is 11.6 Å². The Hall–Kier alpha value is -2.43. The van der Waals surface area contributed by atoms with Gasteiger partial charge in [-0.3, -0.25) is 4.99 Å². The van der Waals surface area contributed by atoms with Crippen LogP contribution in [0.3, 0.4) is 0 Å². The van der Waals surface area contributed by atoms with Crippen LogP contribution in [0.25, 0.3) is 11.3 Å². The van der Waals surface area contributed by atoms with E-state index in [1.54, 1.807) is 13.2 Å². The average Bonchev–Trinajstić information content (AvgIpc) is 2.92. The molecule has 1 saturated heterocycles. The van der Waals surface area contributed by atoms with E-state index in [4.69, 9.17) is 21.1 Å². The Bertz CT molecular complexity index is 1100. The highest BCUT2D eigenvalue weighted by Gasteiger charge is 2.35. The fourth-order valence-corrected chi connectivity index (χ4v) is 5.25. The minimum Gasteiger partial charge on any atom is -0.382 e. The van der Waals surface area contributed by atoms with Gasteiger partial charge < -0.3 is 20.1 Å². The first-order chi connectivity index (χ1) is 18.7. The van der Waals surface area contributed by atoms with Crippen molar-refractivity contribution in [3.63, 3.8) is 0 Å². The molecule has 2 aliphatic rings. The van der Waals surface area contributed by atoms with Crippen molar-refractivity contribution in [2.75, 3.05) is 44.1 Å². The Morgan fingerprint density at radius 3 is 2.62 bits per heavy atom. The van der Waals surface area contributed by atoms with Gasteiger partial charge in [0.25, 0.3) is 0 Å². The van der Waals surface area contributed by atoms with E-state index >= 15 is 0 Å². The molecule has 0 amide bonds. The van der Waals surface area contributed by atoms with E-state index in [1.165, 1.54) is 12.3 Å². The molecule has 4 rings (SSSR count). The molecule has 0 radical (unpaired) electrons. The Morgan fingerprint density at radius 2 is 1.92 bits per heavy atom. The highest BCUT2D eigenvalue weighted by molar-refractivity contribution is 6.33. The number of alkyl halides is 3. The lowest BCUT2D eigenvalue weighted by molar-refractivity contribution is -0.137. The van der Waals surface area contributed by atoms with E-state index in [2.05, 4.69) is 31.8 Å². The zero-order chi connectivity index (χ0) is 27.8. The van der Waals surface area contributed by atoms with Gasteiger partial charge >= 0.3 is 6.18 Å². The summed E-state index contributed by atoms with van der Waals surface area (Å²) in [5, 5.41) is 6.75. The fourth-order valence-electron chi connectivity index (χ4n) is 5.05. The number of anilines is 2. The molecule has 1 atom stereocenters. The number of hydrogen-bond donors (Lipinski definition) is 2. The van der Waals surface area contributed by atoms with Crippen LogP contribution in [0.15, 0.2) is 29.4 Å². The highest BCUT2D eigenvalue weighted by atomic mass is 35.5. The molecule has 2 aromatic heterocycles. The molecule has 1 unspecified atom stereocenters. The summed E-state index contributed by atoms with van der Waals surface area (Å²) < 4.78 is 51.7. The van der Waals surface area contributed by atoms with Gasteiger partial charge in [0.2, 0.25) is 0 Å². The van der Waals surface area contributed by atoms with Crippen molar-refractivity contribution in [1.29, 1.82) is 0 Å². The molecule has 0 aromatic carbocycles. The number of rotatable bonds is 10. The SMILES string of the molecule is COCC(C)N=CC1CCC(Nc2cc(-c3ccc(C(F)(F)F)c(NCC4CCOCC4)n3)c(Cl)cn2)CC1. The number of pyridine rings is 2. The maximum Gasteiger partial charge on any atom is 0.419 e. The Morgan fingerprint density at radius 1 is 1.18 bits per heavy atom. The van der Waals surface area contributed by atoms with Gasteiger partial charge in [0.05, 0.1) is 28.9 Å². The second-order valence-corrected chi connectivity index (χ2v) is 10.8. The van der Waals surface area contributed by atoms with Crippen LogP contribution in [0.1, 0.15) is 51.0 Å². The molecule has 1 saturated carbocycles. The first-order valence-corrected chi connectivity index (χ1v) is 13.9. The van der Waals surface area contributed by atoms with E-state index in [9.17, 15) is 13.2 Å². The molecule has 1 aliphatic carbocycles. The molecule has 7 nitrogen and oxygen atoms in total. The molecule has 39 heavy (non-hydrogen) atoms. The fraction of sp³-hybridized carbons (Fsp3) is 0.607. The lowest BCUT2D eigenvalue weighted by Gasteiger charge is -2.28. The van der Waals surface area contributed by atoms with Gasteiger partial charge in [-0.2, -0.15) is 13.2 Å². The Balaban J connectivity index is 1.44. The first-order valence-electron chi connectivity index (χ1n) is 13.6. The smallest absolute Gasteiger partial charge is 0.382 e. The van der Waals surface area contributed by atoms with Gasteiger partial charge in [-0.1, -0.05) is 11.6 Å². The van der Waals surface area contributed by atoms with Crippen molar-refractivity contribution < 1.29 is 22.6 Å². The second kappa shape index (κ2) is 13.8. The van der Waals surface area contributed by atoms with Gasteiger partial charge in [-0.15, -0.1) is 0 Å².